The first-order valence-electron chi connectivity index (χ1n) is 7.96. The molecule has 0 aliphatic heterocycles. The molecule has 1 unspecified atom stereocenters. The van der Waals surface area contributed by atoms with Crippen molar-refractivity contribution in [3.63, 3.8) is 0 Å². The molecule has 0 aliphatic rings. The Morgan fingerprint density at radius 2 is 1.92 bits per heavy atom. The van der Waals surface area contributed by atoms with E-state index >= 15 is 0 Å². The lowest BCUT2D eigenvalue weighted by Gasteiger charge is -2.28. The fourth-order valence-corrected chi connectivity index (χ4v) is 3.77. The van der Waals surface area contributed by atoms with E-state index in [9.17, 15) is 13.2 Å². The van der Waals surface area contributed by atoms with Gasteiger partial charge in [0.25, 0.3) is 0 Å². The molecule has 0 spiro atoms. The molecule has 0 aromatic carbocycles. The van der Waals surface area contributed by atoms with Gasteiger partial charge in [-0.05, 0) is 34.2 Å². The summed E-state index contributed by atoms with van der Waals surface area (Å²) in [5.74, 6) is 0.705. The first-order chi connectivity index (χ1) is 11.5. The quantitative estimate of drug-likeness (QED) is 0.234. The maximum Gasteiger partial charge on any atom is 0.407 e. The minimum absolute atomic E-state index is 0.0332. The van der Waals surface area contributed by atoms with Crippen molar-refractivity contribution in [1.82, 2.24) is 15.4 Å². The van der Waals surface area contributed by atoms with E-state index in [1.807, 2.05) is 0 Å². The highest BCUT2D eigenvalue weighted by Crippen LogP contribution is 2.16. The standard InChI is InChI=1S/C15H30ClN3O4S2/c1-11(25(21,22)19-15(2,3)4)9-12(17-5)13(10-24)18-14(20)23-8-6-7-16/h12-13,17,19,24H,1,6-10H2,2-5H3,(H,18,20)/t12-,13?/m1/s1. The second-order valence-electron chi connectivity index (χ2n) is 6.61. The molecule has 2 atom stereocenters. The number of ether oxygens (including phenoxy) is 1. The van der Waals surface area contributed by atoms with Crippen LogP contribution in [0.4, 0.5) is 4.79 Å². The number of alkyl carbamates (subject to hydrolysis) is 1. The third kappa shape index (κ3) is 10.3. The summed E-state index contributed by atoms with van der Waals surface area (Å²) in [4.78, 5) is 11.8. The van der Waals surface area contributed by atoms with Gasteiger partial charge in [-0.15, -0.1) is 11.6 Å². The van der Waals surface area contributed by atoms with Crippen molar-refractivity contribution in [2.24, 2.45) is 0 Å². The zero-order chi connectivity index (χ0) is 19.7. The van der Waals surface area contributed by atoms with Crippen molar-refractivity contribution in [3.05, 3.63) is 11.5 Å². The fraction of sp³-hybridized carbons (Fsp3) is 0.800. The third-order valence-electron chi connectivity index (χ3n) is 3.14. The van der Waals surface area contributed by atoms with Crippen molar-refractivity contribution in [3.8, 4) is 0 Å². The lowest BCUT2D eigenvalue weighted by molar-refractivity contribution is 0.141. The summed E-state index contributed by atoms with van der Waals surface area (Å²) in [7, 11) is -2.00. The molecule has 7 nitrogen and oxygen atoms in total. The number of hydrogen-bond acceptors (Lipinski definition) is 6. The van der Waals surface area contributed by atoms with Gasteiger partial charge in [-0.25, -0.2) is 17.9 Å². The Hall–Kier alpha value is -0.480. The number of sulfonamides is 1. The molecule has 0 bridgehead atoms. The zero-order valence-corrected chi connectivity index (χ0v) is 17.7. The van der Waals surface area contributed by atoms with Gasteiger partial charge in [0.2, 0.25) is 10.0 Å². The lowest BCUT2D eigenvalue weighted by Crippen LogP contribution is -2.51. The Bertz CT molecular complexity index is 535. The summed E-state index contributed by atoms with van der Waals surface area (Å²) < 4.78 is 32.2. The zero-order valence-electron chi connectivity index (χ0n) is 15.3. The van der Waals surface area contributed by atoms with Gasteiger partial charge in [-0.3, -0.25) is 0 Å². The molecule has 25 heavy (non-hydrogen) atoms. The van der Waals surface area contributed by atoms with E-state index in [-0.39, 0.29) is 24.0 Å². The second-order valence-corrected chi connectivity index (χ2v) is 9.14. The maximum atomic E-state index is 12.3. The summed E-state index contributed by atoms with van der Waals surface area (Å²) in [5.41, 5.74) is -0.607. The normalized spacial score (nSPS) is 14.6. The molecule has 0 saturated carbocycles. The number of amides is 1. The van der Waals surface area contributed by atoms with Crippen LogP contribution in [-0.2, 0) is 14.8 Å². The number of thiol groups is 1. The number of carbonyl (C=O) groups excluding carboxylic acids is 1. The number of rotatable bonds is 11. The Morgan fingerprint density at radius 3 is 2.36 bits per heavy atom. The summed E-state index contributed by atoms with van der Waals surface area (Å²) in [5, 5.41) is 5.68. The molecule has 0 radical (unpaired) electrons. The van der Waals surface area contributed by atoms with Crippen LogP contribution >= 0.6 is 24.2 Å². The van der Waals surface area contributed by atoms with Gasteiger partial charge in [0.05, 0.1) is 17.6 Å². The van der Waals surface area contributed by atoms with Crippen molar-refractivity contribution in [2.45, 2.75) is 51.2 Å². The highest BCUT2D eigenvalue weighted by Gasteiger charge is 2.28. The van der Waals surface area contributed by atoms with Crippen LogP contribution in [0.3, 0.4) is 0 Å². The Labute approximate surface area is 161 Å². The Kier molecular flexibility index (Phi) is 11.1. The smallest absolute Gasteiger partial charge is 0.407 e. The Balaban J connectivity index is 4.87. The van der Waals surface area contributed by atoms with Gasteiger partial charge in [-0.2, -0.15) is 12.6 Å². The average molecular weight is 416 g/mol. The molecule has 0 aromatic rings. The summed E-state index contributed by atoms with van der Waals surface area (Å²) >= 11 is 9.76. The molecule has 0 aromatic heterocycles. The predicted molar refractivity (Wildman–Crippen MR) is 106 cm³/mol. The number of carbonyl (C=O) groups is 1. The number of hydrogen-bond donors (Lipinski definition) is 4. The van der Waals surface area contributed by atoms with Gasteiger partial charge < -0.3 is 15.4 Å². The van der Waals surface area contributed by atoms with E-state index in [1.54, 1.807) is 27.8 Å². The number of likely N-dealkylation sites (N-methyl/N-ethyl adjacent to an activating group) is 1. The second kappa shape index (κ2) is 11.3. The number of halogens is 1. The van der Waals surface area contributed by atoms with Crippen molar-refractivity contribution in [1.29, 1.82) is 0 Å². The van der Waals surface area contributed by atoms with Crippen LogP contribution < -0.4 is 15.4 Å². The average Bonchev–Trinajstić information content (AvgIpc) is 2.48. The van der Waals surface area contributed by atoms with Crippen LogP contribution in [0.25, 0.3) is 0 Å². The highest BCUT2D eigenvalue weighted by atomic mass is 35.5. The van der Waals surface area contributed by atoms with Crippen LogP contribution in [0, 0.1) is 0 Å². The van der Waals surface area contributed by atoms with Crippen LogP contribution in [0.15, 0.2) is 11.5 Å². The third-order valence-corrected chi connectivity index (χ3v) is 5.60. The minimum atomic E-state index is -3.68. The predicted octanol–water partition coefficient (Wildman–Crippen LogP) is 1.85. The summed E-state index contributed by atoms with van der Waals surface area (Å²) in [6, 6.07) is -0.805. The summed E-state index contributed by atoms with van der Waals surface area (Å²) in [6.07, 6.45) is 0.0872. The SMILES string of the molecule is C=C(C[C@@H](NC)C(CS)NC(=O)OCCCCl)S(=O)(=O)NC(C)(C)C. The topological polar surface area (TPSA) is 96.5 Å². The van der Waals surface area contributed by atoms with Crippen LogP contribution in [-0.4, -0.2) is 57.4 Å². The number of nitrogens with one attached hydrogen (secondary N) is 3. The molecule has 1 amide bonds. The maximum absolute atomic E-state index is 12.3. The molecule has 0 aliphatic carbocycles. The first-order valence-corrected chi connectivity index (χ1v) is 10.6. The molecule has 10 heteroatoms. The van der Waals surface area contributed by atoms with Gasteiger partial charge in [0.1, 0.15) is 0 Å². The molecular weight excluding hydrogens is 386 g/mol. The molecule has 3 N–H and O–H groups in total. The van der Waals surface area contributed by atoms with Crippen LogP contribution in [0.1, 0.15) is 33.6 Å². The van der Waals surface area contributed by atoms with E-state index in [4.69, 9.17) is 16.3 Å². The lowest BCUT2D eigenvalue weighted by atomic mass is 10.1. The van der Waals surface area contributed by atoms with Gasteiger partial charge in [0.15, 0.2) is 0 Å². The van der Waals surface area contributed by atoms with E-state index in [1.165, 1.54) is 0 Å². The minimum Gasteiger partial charge on any atom is -0.450 e. The Morgan fingerprint density at radius 1 is 1.32 bits per heavy atom. The van der Waals surface area contributed by atoms with Crippen molar-refractivity contribution in [2.75, 3.05) is 25.3 Å². The highest BCUT2D eigenvalue weighted by molar-refractivity contribution is 7.93. The van der Waals surface area contributed by atoms with E-state index < -0.39 is 27.7 Å². The van der Waals surface area contributed by atoms with Crippen molar-refractivity contribution >= 4 is 40.3 Å². The van der Waals surface area contributed by atoms with E-state index in [0.29, 0.717) is 18.1 Å². The largest absolute Gasteiger partial charge is 0.450 e. The molecule has 0 rings (SSSR count). The molecule has 0 saturated heterocycles. The molecular formula is C15H30ClN3O4S2. The van der Waals surface area contributed by atoms with E-state index in [0.717, 1.165) is 0 Å². The number of alkyl halides is 1. The first kappa shape index (κ1) is 24.5. The van der Waals surface area contributed by atoms with Gasteiger partial charge in [0, 0.05) is 29.6 Å². The monoisotopic (exact) mass is 415 g/mol. The van der Waals surface area contributed by atoms with Gasteiger partial charge >= 0.3 is 6.09 Å². The van der Waals surface area contributed by atoms with E-state index in [2.05, 4.69) is 34.6 Å². The van der Waals surface area contributed by atoms with Crippen molar-refractivity contribution < 1.29 is 17.9 Å². The van der Waals surface area contributed by atoms with Crippen LogP contribution in [0.2, 0.25) is 0 Å². The molecule has 0 fully saturated rings. The van der Waals surface area contributed by atoms with Crippen LogP contribution in [0.5, 0.6) is 0 Å². The molecule has 0 heterocycles. The summed E-state index contributed by atoms with van der Waals surface area (Å²) in [6.45, 7) is 9.16. The van der Waals surface area contributed by atoms with Gasteiger partial charge in [-0.1, -0.05) is 6.58 Å². The fourth-order valence-electron chi connectivity index (χ4n) is 1.96. The molecule has 148 valence electrons.